The van der Waals surface area contributed by atoms with E-state index in [-0.39, 0.29) is 18.0 Å². The van der Waals surface area contributed by atoms with Gasteiger partial charge in [0.25, 0.3) is 0 Å². The molecule has 1 N–H and O–H groups in total. The van der Waals surface area contributed by atoms with Crippen LogP contribution in [0.25, 0.3) is 5.69 Å². The van der Waals surface area contributed by atoms with Gasteiger partial charge in [0.15, 0.2) is 17.3 Å². The van der Waals surface area contributed by atoms with Crippen molar-refractivity contribution >= 4 is 28.1 Å². The summed E-state index contributed by atoms with van der Waals surface area (Å²) >= 11 is 3.54. The first-order valence-corrected chi connectivity index (χ1v) is 13.8. The number of nitrogens with one attached hydrogen (secondary N) is 1. The van der Waals surface area contributed by atoms with E-state index in [1.54, 1.807) is 18.2 Å². The Morgan fingerprint density at radius 1 is 1.00 bits per heavy atom. The van der Waals surface area contributed by atoms with Crippen molar-refractivity contribution < 1.29 is 23.4 Å². The number of hydrogen-bond donors (Lipinski definition) is 1. The van der Waals surface area contributed by atoms with Gasteiger partial charge in [-0.2, -0.15) is 5.10 Å². The molecule has 9 heteroatoms. The highest BCUT2D eigenvalue weighted by Gasteiger charge is 2.18. The molecule has 0 saturated heterocycles. The molecule has 0 atom stereocenters. The van der Waals surface area contributed by atoms with Gasteiger partial charge in [0.1, 0.15) is 23.7 Å². The zero-order valence-corrected chi connectivity index (χ0v) is 25.2. The predicted octanol–water partition coefficient (Wildman–Crippen LogP) is 7.37. The number of nitrogens with zero attached hydrogens (tertiary/aromatic N) is 2. The number of benzene rings is 2. The Balaban J connectivity index is 1.34. The molecule has 0 fully saturated rings. The van der Waals surface area contributed by atoms with Gasteiger partial charge in [-0.15, -0.1) is 0 Å². The van der Waals surface area contributed by atoms with Crippen LogP contribution in [0.1, 0.15) is 61.0 Å². The van der Waals surface area contributed by atoms with Crippen LogP contribution in [0.4, 0.5) is 0 Å². The van der Waals surface area contributed by atoms with E-state index in [0.717, 1.165) is 10.2 Å². The van der Waals surface area contributed by atoms with Gasteiger partial charge in [-0.3, -0.25) is 4.79 Å². The summed E-state index contributed by atoms with van der Waals surface area (Å²) in [4.78, 5) is 12.6. The van der Waals surface area contributed by atoms with Crippen molar-refractivity contribution in [2.24, 2.45) is 5.10 Å². The molecule has 1 amide bonds. The van der Waals surface area contributed by atoms with E-state index in [1.807, 2.05) is 58.0 Å². The van der Waals surface area contributed by atoms with Gasteiger partial charge in [-0.1, -0.05) is 0 Å². The number of aryl methyl sites for hydroxylation is 2. The number of aromatic nitrogens is 1. The molecule has 2 aromatic carbocycles. The van der Waals surface area contributed by atoms with Crippen molar-refractivity contribution in [1.29, 1.82) is 0 Å². The molecule has 0 radical (unpaired) electrons. The molecule has 0 saturated carbocycles. The number of hydrogen-bond acceptors (Lipinski definition) is 6. The van der Waals surface area contributed by atoms with E-state index < -0.39 is 5.91 Å². The SMILES string of the molecule is CCOc1cc(/C=N/NC(=O)c2ccc(COc3ccc(-n4c(C)ccc4C)cc3)o2)c(Br)cc1OC(C)(C)C. The third-order valence-corrected chi connectivity index (χ3v) is 6.47. The third kappa shape index (κ3) is 7.35. The molecular formula is C31H34BrN3O5. The zero-order chi connectivity index (χ0) is 28.9. The molecule has 0 bridgehead atoms. The molecule has 0 aliphatic heterocycles. The number of carbonyl (C=O) groups excluding carboxylic acids is 1. The van der Waals surface area contributed by atoms with Crippen molar-refractivity contribution in [1.82, 2.24) is 9.99 Å². The molecule has 2 aromatic heterocycles. The number of ether oxygens (including phenoxy) is 3. The summed E-state index contributed by atoms with van der Waals surface area (Å²) < 4.78 is 26.2. The minimum Gasteiger partial charge on any atom is -0.490 e. The first-order valence-electron chi connectivity index (χ1n) is 13.0. The molecule has 4 rings (SSSR count). The van der Waals surface area contributed by atoms with Crippen molar-refractivity contribution in [3.63, 3.8) is 0 Å². The second-order valence-electron chi connectivity index (χ2n) is 10.2. The highest BCUT2D eigenvalue weighted by atomic mass is 79.9. The molecule has 4 aromatic rings. The lowest BCUT2D eigenvalue weighted by Gasteiger charge is -2.23. The topological polar surface area (TPSA) is 87.2 Å². The fourth-order valence-electron chi connectivity index (χ4n) is 4.04. The summed E-state index contributed by atoms with van der Waals surface area (Å²) in [6, 6.07) is 19.0. The minimum atomic E-state index is -0.474. The van der Waals surface area contributed by atoms with E-state index in [1.165, 1.54) is 17.6 Å². The van der Waals surface area contributed by atoms with Crippen LogP contribution in [-0.4, -0.2) is 28.9 Å². The summed E-state index contributed by atoms with van der Waals surface area (Å²) in [6.07, 6.45) is 1.53. The summed E-state index contributed by atoms with van der Waals surface area (Å²) in [5, 5.41) is 4.08. The van der Waals surface area contributed by atoms with E-state index in [2.05, 4.69) is 57.0 Å². The van der Waals surface area contributed by atoms with Crippen molar-refractivity contribution in [3.8, 4) is 22.9 Å². The number of amides is 1. The largest absolute Gasteiger partial charge is 0.490 e. The van der Waals surface area contributed by atoms with E-state index in [9.17, 15) is 4.79 Å². The maximum Gasteiger partial charge on any atom is 0.307 e. The molecule has 8 nitrogen and oxygen atoms in total. The van der Waals surface area contributed by atoms with Gasteiger partial charge < -0.3 is 23.2 Å². The Morgan fingerprint density at radius 2 is 1.70 bits per heavy atom. The monoisotopic (exact) mass is 607 g/mol. The Labute approximate surface area is 243 Å². The van der Waals surface area contributed by atoms with Crippen LogP contribution in [0.5, 0.6) is 17.2 Å². The molecule has 2 heterocycles. The number of halogens is 1. The fraction of sp³-hybridized carbons (Fsp3) is 0.290. The van der Waals surface area contributed by atoms with E-state index in [0.29, 0.717) is 35.2 Å². The summed E-state index contributed by atoms with van der Waals surface area (Å²) in [5.74, 6) is 2.09. The molecular weight excluding hydrogens is 574 g/mol. The van der Waals surface area contributed by atoms with E-state index >= 15 is 0 Å². The standard InChI is InChI=1S/C31H34BrN3O5/c1-7-37-28-16-22(26(32)17-29(28)40-31(4,5)6)18-33-34-30(36)27-15-14-25(39-27)19-38-24-12-10-23(11-13-24)35-20(2)8-9-21(35)3/h8-18H,7,19H2,1-6H3,(H,34,36)/b33-18+. The maximum absolute atomic E-state index is 12.6. The fourth-order valence-corrected chi connectivity index (χ4v) is 4.47. The zero-order valence-electron chi connectivity index (χ0n) is 23.6. The van der Waals surface area contributed by atoms with Gasteiger partial charge in [-0.25, -0.2) is 5.43 Å². The highest BCUT2D eigenvalue weighted by molar-refractivity contribution is 9.10. The molecule has 40 heavy (non-hydrogen) atoms. The Morgan fingerprint density at radius 3 is 2.35 bits per heavy atom. The average Bonchev–Trinajstić information content (AvgIpc) is 3.51. The normalized spacial score (nSPS) is 11.6. The Hall–Kier alpha value is -3.98. The van der Waals surface area contributed by atoms with Crippen LogP contribution in [0.2, 0.25) is 0 Å². The average molecular weight is 609 g/mol. The van der Waals surface area contributed by atoms with Gasteiger partial charge in [0.05, 0.1) is 12.8 Å². The van der Waals surface area contributed by atoms with Crippen LogP contribution in [-0.2, 0) is 6.61 Å². The van der Waals surface area contributed by atoms with Crippen LogP contribution in [0.3, 0.4) is 0 Å². The molecule has 0 unspecified atom stereocenters. The van der Waals surface area contributed by atoms with Crippen molar-refractivity contribution in [2.45, 2.75) is 53.8 Å². The number of rotatable bonds is 10. The lowest BCUT2D eigenvalue weighted by atomic mass is 10.1. The molecule has 0 aliphatic carbocycles. The Kier molecular flexibility index (Phi) is 9.04. The van der Waals surface area contributed by atoms with Gasteiger partial charge in [0, 0.05) is 27.1 Å². The first kappa shape index (κ1) is 29.0. The van der Waals surface area contributed by atoms with Crippen LogP contribution < -0.4 is 19.6 Å². The molecule has 0 spiro atoms. The first-order chi connectivity index (χ1) is 19.0. The number of carbonyl (C=O) groups is 1. The second kappa shape index (κ2) is 12.5. The van der Waals surface area contributed by atoms with Crippen LogP contribution >= 0.6 is 15.9 Å². The van der Waals surface area contributed by atoms with Crippen LogP contribution in [0, 0.1) is 13.8 Å². The molecule has 0 aliphatic rings. The number of hydrazone groups is 1. The second-order valence-corrected chi connectivity index (χ2v) is 11.0. The highest BCUT2D eigenvalue weighted by Crippen LogP contribution is 2.35. The van der Waals surface area contributed by atoms with Gasteiger partial charge in [0.2, 0.25) is 0 Å². The van der Waals surface area contributed by atoms with Gasteiger partial charge in [-0.05, 0) is 118 Å². The minimum absolute atomic E-state index is 0.132. The lowest BCUT2D eigenvalue weighted by molar-refractivity contribution is 0.0923. The summed E-state index contributed by atoms with van der Waals surface area (Å²) in [6.45, 7) is 12.6. The summed E-state index contributed by atoms with van der Waals surface area (Å²) in [5.41, 5.74) is 6.24. The number of furan rings is 1. The lowest BCUT2D eigenvalue weighted by Crippen LogP contribution is -2.23. The third-order valence-electron chi connectivity index (χ3n) is 5.78. The summed E-state index contributed by atoms with van der Waals surface area (Å²) in [7, 11) is 0. The predicted molar refractivity (Wildman–Crippen MR) is 159 cm³/mol. The quantitative estimate of drug-likeness (QED) is 0.150. The van der Waals surface area contributed by atoms with Crippen molar-refractivity contribution in [3.05, 3.63) is 93.6 Å². The van der Waals surface area contributed by atoms with Crippen molar-refractivity contribution in [2.75, 3.05) is 6.61 Å². The maximum atomic E-state index is 12.6. The van der Waals surface area contributed by atoms with E-state index in [4.69, 9.17) is 18.6 Å². The van der Waals surface area contributed by atoms with Gasteiger partial charge >= 0.3 is 5.91 Å². The van der Waals surface area contributed by atoms with Crippen LogP contribution in [0.15, 0.2) is 74.7 Å². The Bertz CT molecular complexity index is 1480. The smallest absolute Gasteiger partial charge is 0.307 e. The molecule has 210 valence electrons.